The minimum atomic E-state index is 1.18. The molecule has 0 amide bonds. The predicted molar refractivity (Wildman–Crippen MR) is 177 cm³/mol. The highest BCUT2D eigenvalue weighted by Gasteiger charge is 2.16. The molecule has 0 saturated carbocycles. The summed E-state index contributed by atoms with van der Waals surface area (Å²) in [4.78, 5) is 3.89. The summed E-state index contributed by atoms with van der Waals surface area (Å²) in [6.45, 7) is 0. The van der Waals surface area contributed by atoms with Gasteiger partial charge in [0.25, 0.3) is 0 Å². The van der Waals surface area contributed by atoms with Crippen molar-refractivity contribution in [2.75, 3.05) is 0 Å². The summed E-state index contributed by atoms with van der Waals surface area (Å²) < 4.78 is 0. The summed E-state index contributed by atoms with van der Waals surface area (Å²) in [6.07, 6.45) is 0. The first-order valence-electron chi connectivity index (χ1n) is 14.2. The van der Waals surface area contributed by atoms with Crippen molar-refractivity contribution in [1.29, 1.82) is 0 Å². The van der Waals surface area contributed by atoms with Gasteiger partial charge in [-0.3, -0.25) is 0 Å². The number of benzene rings is 8. The summed E-state index contributed by atoms with van der Waals surface area (Å²) in [5.74, 6) is 0. The van der Waals surface area contributed by atoms with Crippen LogP contribution in [0.25, 0.3) is 87.1 Å². The lowest BCUT2D eigenvalue weighted by Crippen LogP contribution is -1.86. The molecule has 0 saturated heterocycles. The fraction of sp³-hybridized carbons (Fsp3) is 0. The van der Waals surface area contributed by atoms with E-state index in [1.807, 2.05) is 0 Å². The van der Waals surface area contributed by atoms with Crippen molar-refractivity contribution in [3.63, 3.8) is 0 Å². The van der Waals surface area contributed by atoms with E-state index in [1.165, 1.54) is 87.1 Å². The van der Waals surface area contributed by atoms with Gasteiger partial charge in [-0.1, -0.05) is 133 Å². The van der Waals surface area contributed by atoms with Crippen molar-refractivity contribution >= 4 is 64.9 Å². The van der Waals surface area contributed by atoms with Gasteiger partial charge in [0.1, 0.15) is 0 Å². The molecule has 0 bridgehead atoms. The fourth-order valence-corrected chi connectivity index (χ4v) is 6.96. The average molecular weight is 520 g/mol. The molecule has 0 radical (unpaired) electrons. The van der Waals surface area contributed by atoms with Crippen molar-refractivity contribution in [2.24, 2.45) is 0 Å². The second-order valence-corrected chi connectivity index (χ2v) is 11.0. The van der Waals surface area contributed by atoms with Gasteiger partial charge in [0, 0.05) is 21.7 Å². The van der Waals surface area contributed by atoms with E-state index in [0.29, 0.717) is 0 Å². The zero-order chi connectivity index (χ0) is 26.9. The van der Waals surface area contributed by atoms with Gasteiger partial charge in [-0.15, -0.1) is 0 Å². The van der Waals surface area contributed by atoms with Crippen LogP contribution < -0.4 is 0 Å². The van der Waals surface area contributed by atoms with Gasteiger partial charge >= 0.3 is 0 Å². The van der Waals surface area contributed by atoms with Gasteiger partial charge in [-0.05, 0) is 66.5 Å². The molecule has 0 atom stereocenters. The second-order valence-electron chi connectivity index (χ2n) is 11.0. The Hall–Kier alpha value is -5.40. The molecule has 0 aliphatic carbocycles. The van der Waals surface area contributed by atoms with E-state index in [4.69, 9.17) is 0 Å². The van der Waals surface area contributed by atoms with E-state index < -0.39 is 0 Å². The predicted octanol–water partition coefficient (Wildman–Crippen LogP) is 11.3. The highest BCUT2D eigenvalue weighted by atomic mass is 14.7. The fourth-order valence-electron chi connectivity index (χ4n) is 6.96. The zero-order valence-corrected chi connectivity index (χ0v) is 22.4. The maximum Gasteiger partial charge on any atom is 0.0551 e. The van der Waals surface area contributed by atoms with Crippen molar-refractivity contribution in [3.8, 4) is 22.3 Å². The largest absolute Gasteiger partial charge is 0.353 e. The van der Waals surface area contributed by atoms with E-state index in [-0.39, 0.29) is 0 Å². The quantitative estimate of drug-likeness (QED) is 0.219. The molecule has 1 aromatic heterocycles. The third-order valence-corrected chi connectivity index (χ3v) is 8.77. The number of nitrogens with one attached hydrogen (secondary N) is 1. The van der Waals surface area contributed by atoms with E-state index in [0.717, 1.165) is 0 Å². The number of hydrogen-bond acceptors (Lipinski definition) is 0. The summed E-state index contributed by atoms with van der Waals surface area (Å²) in [7, 11) is 0. The van der Waals surface area contributed by atoms with Crippen molar-refractivity contribution < 1.29 is 0 Å². The lowest BCUT2D eigenvalue weighted by atomic mass is 9.91. The third-order valence-electron chi connectivity index (χ3n) is 8.77. The first-order chi connectivity index (χ1) is 20.3. The van der Waals surface area contributed by atoms with Gasteiger partial charge in [-0.2, -0.15) is 0 Å². The van der Waals surface area contributed by atoms with Gasteiger partial charge in [-0.25, -0.2) is 0 Å². The number of para-hydroxylation sites is 1. The summed E-state index contributed by atoms with van der Waals surface area (Å²) in [6, 6.07) is 53.1. The maximum absolute atomic E-state index is 3.89. The normalized spacial score (nSPS) is 11.9. The Bertz CT molecular complexity index is 2480. The molecule has 1 heteroatoms. The number of rotatable bonds is 2. The highest BCUT2D eigenvalue weighted by Crippen LogP contribution is 2.42. The van der Waals surface area contributed by atoms with Gasteiger partial charge in [0.15, 0.2) is 0 Å². The molecular formula is C40H25N. The lowest BCUT2D eigenvalue weighted by molar-refractivity contribution is 1.55. The Morgan fingerprint density at radius 1 is 0.317 bits per heavy atom. The Balaban J connectivity index is 1.32. The first-order valence-corrected chi connectivity index (χ1v) is 14.2. The molecule has 0 unspecified atom stereocenters. The zero-order valence-electron chi connectivity index (χ0n) is 22.4. The number of aromatic amines is 1. The monoisotopic (exact) mass is 519 g/mol. The molecular weight excluding hydrogens is 494 g/mol. The smallest absolute Gasteiger partial charge is 0.0551 e. The van der Waals surface area contributed by atoms with Crippen LogP contribution >= 0.6 is 0 Å². The molecule has 41 heavy (non-hydrogen) atoms. The second kappa shape index (κ2) is 8.55. The summed E-state index contributed by atoms with van der Waals surface area (Å²) in [5.41, 5.74) is 7.32. The topological polar surface area (TPSA) is 15.8 Å². The molecule has 1 heterocycles. The number of H-pyrrole nitrogens is 1. The van der Waals surface area contributed by atoms with Gasteiger partial charge < -0.3 is 4.98 Å². The Labute approximate surface area is 237 Å². The van der Waals surface area contributed by atoms with Crippen LogP contribution in [0, 0.1) is 0 Å². The molecule has 0 fully saturated rings. The Morgan fingerprint density at radius 3 is 1.63 bits per heavy atom. The minimum Gasteiger partial charge on any atom is -0.353 e. The van der Waals surface area contributed by atoms with Crippen molar-refractivity contribution in [1.82, 2.24) is 4.98 Å². The van der Waals surface area contributed by atoms with E-state index in [2.05, 4.69) is 151 Å². The van der Waals surface area contributed by atoms with Crippen LogP contribution in [0.1, 0.15) is 0 Å². The molecule has 190 valence electrons. The molecule has 8 aromatic carbocycles. The van der Waals surface area contributed by atoms with Crippen molar-refractivity contribution in [2.45, 2.75) is 0 Å². The molecule has 9 rings (SSSR count). The van der Waals surface area contributed by atoms with Crippen LogP contribution in [-0.4, -0.2) is 4.98 Å². The highest BCUT2D eigenvalue weighted by molar-refractivity contribution is 6.32. The first kappa shape index (κ1) is 22.4. The van der Waals surface area contributed by atoms with Crippen LogP contribution in [-0.2, 0) is 0 Å². The minimum absolute atomic E-state index is 1.18. The summed E-state index contributed by atoms with van der Waals surface area (Å²) >= 11 is 0. The van der Waals surface area contributed by atoms with Crippen molar-refractivity contribution in [3.05, 3.63) is 146 Å². The SMILES string of the molecule is c1cc(-c2cc3ccccc3c3ccccc23)cc(-c2cccc3c2[nH]c2c4ccccc4c4ccccc4c32)c1. The number of aromatic nitrogens is 1. The molecule has 9 aromatic rings. The maximum atomic E-state index is 3.89. The van der Waals surface area contributed by atoms with Gasteiger partial charge in [0.2, 0.25) is 0 Å². The number of fused-ring (bicyclic) bond motifs is 11. The number of hydrogen-bond donors (Lipinski definition) is 1. The lowest BCUT2D eigenvalue weighted by Gasteiger charge is -2.12. The van der Waals surface area contributed by atoms with E-state index in [1.54, 1.807) is 0 Å². The van der Waals surface area contributed by atoms with Crippen LogP contribution in [0.4, 0.5) is 0 Å². The van der Waals surface area contributed by atoms with Crippen LogP contribution in [0.5, 0.6) is 0 Å². The van der Waals surface area contributed by atoms with Crippen LogP contribution in [0.3, 0.4) is 0 Å². The third kappa shape index (κ3) is 3.24. The standard InChI is InChI=1S/C40H25N/c1-2-14-28-27(11-1)24-37(33-18-4-3-15-30(28)33)26-13-9-12-25(23-26)29-21-10-22-36-38-34-19-7-5-16-31(34)32-17-6-8-20-35(32)40(38)41-39(29)36/h1-24,41H. The molecule has 1 N–H and O–H groups in total. The Morgan fingerprint density at radius 2 is 0.854 bits per heavy atom. The molecule has 0 aliphatic heterocycles. The van der Waals surface area contributed by atoms with Crippen LogP contribution in [0.2, 0.25) is 0 Å². The molecule has 1 nitrogen and oxygen atoms in total. The Kier molecular flexibility index (Phi) is 4.67. The average Bonchev–Trinajstić information content (AvgIpc) is 3.45. The van der Waals surface area contributed by atoms with E-state index in [9.17, 15) is 0 Å². The molecule has 0 spiro atoms. The molecule has 0 aliphatic rings. The van der Waals surface area contributed by atoms with Crippen LogP contribution in [0.15, 0.2) is 146 Å². The van der Waals surface area contributed by atoms with E-state index >= 15 is 0 Å². The summed E-state index contributed by atoms with van der Waals surface area (Å²) in [5, 5.41) is 12.8. The van der Waals surface area contributed by atoms with Gasteiger partial charge in [0.05, 0.1) is 11.0 Å².